The summed E-state index contributed by atoms with van der Waals surface area (Å²) < 4.78 is 10.6. The molecule has 0 aliphatic rings. The number of carbonyl (C=O) groups is 2. The van der Waals surface area contributed by atoms with E-state index in [9.17, 15) is 9.59 Å². The van der Waals surface area contributed by atoms with Crippen LogP contribution in [0, 0.1) is 17.8 Å². The minimum Gasteiger partial charge on any atom is -0.466 e. The predicted octanol–water partition coefficient (Wildman–Crippen LogP) is 7.09. The molecular formula is C25H48O4. The molecule has 0 aliphatic carbocycles. The van der Waals surface area contributed by atoms with Crippen molar-refractivity contribution in [3.63, 3.8) is 0 Å². The van der Waals surface area contributed by atoms with Crippen LogP contribution in [0.5, 0.6) is 0 Å². The summed E-state index contributed by atoms with van der Waals surface area (Å²) in [6, 6.07) is 0. The fourth-order valence-electron chi connectivity index (χ4n) is 3.20. The standard InChI is InChI=1S/C25H48O4/c1-6-23(25(27)29-20-18-22(4)5)15-13-11-9-7-8-10-12-14-16-24(26)28-19-17-21(2)3/h21-23H,6-20H2,1-5H3. The SMILES string of the molecule is CCC(CCCCCCCCCCC(=O)OCCC(C)C)C(=O)OCCC(C)C. The molecule has 29 heavy (non-hydrogen) atoms. The van der Waals surface area contributed by atoms with Crippen molar-refractivity contribution in [2.24, 2.45) is 17.8 Å². The first-order valence-corrected chi connectivity index (χ1v) is 12.2. The van der Waals surface area contributed by atoms with Crippen LogP contribution in [-0.4, -0.2) is 25.2 Å². The zero-order chi connectivity index (χ0) is 21.9. The van der Waals surface area contributed by atoms with Crippen LogP contribution in [0.4, 0.5) is 0 Å². The van der Waals surface area contributed by atoms with E-state index in [1.54, 1.807) is 0 Å². The van der Waals surface area contributed by atoms with Gasteiger partial charge in [0.15, 0.2) is 0 Å². The molecule has 0 aromatic rings. The van der Waals surface area contributed by atoms with Crippen LogP contribution < -0.4 is 0 Å². The number of hydrogen-bond donors (Lipinski definition) is 0. The van der Waals surface area contributed by atoms with Crippen LogP contribution in [0.3, 0.4) is 0 Å². The fourth-order valence-corrected chi connectivity index (χ4v) is 3.20. The fraction of sp³-hybridized carbons (Fsp3) is 0.920. The molecule has 0 aromatic heterocycles. The van der Waals surface area contributed by atoms with Gasteiger partial charge in [-0.3, -0.25) is 9.59 Å². The molecule has 0 bridgehead atoms. The van der Waals surface area contributed by atoms with Crippen LogP contribution in [0.1, 0.15) is 118 Å². The number of rotatable bonds is 19. The lowest BCUT2D eigenvalue weighted by Gasteiger charge is -2.14. The summed E-state index contributed by atoms with van der Waals surface area (Å²) in [5.41, 5.74) is 0. The van der Waals surface area contributed by atoms with Gasteiger partial charge in [-0.2, -0.15) is 0 Å². The van der Waals surface area contributed by atoms with Gasteiger partial charge >= 0.3 is 11.9 Å². The topological polar surface area (TPSA) is 52.6 Å². The van der Waals surface area contributed by atoms with Crippen molar-refractivity contribution in [1.82, 2.24) is 0 Å². The van der Waals surface area contributed by atoms with Gasteiger partial charge in [-0.05, 0) is 43.9 Å². The molecule has 4 nitrogen and oxygen atoms in total. The van der Waals surface area contributed by atoms with Crippen molar-refractivity contribution < 1.29 is 19.1 Å². The highest BCUT2D eigenvalue weighted by Gasteiger charge is 2.17. The van der Waals surface area contributed by atoms with Gasteiger partial charge in [0.25, 0.3) is 0 Å². The highest BCUT2D eigenvalue weighted by molar-refractivity contribution is 5.72. The third kappa shape index (κ3) is 18.7. The van der Waals surface area contributed by atoms with Crippen LogP contribution >= 0.6 is 0 Å². The molecule has 0 N–H and O–H groups in total. The largest absolute Gasteiger partial charge is 0.466 e. The monoisotopic (exact) mass is 412 g/mol. The minimum atomic E-state index is -0.0427. The summed E-state index contributed by atoms with van der Waals surface area (Å²) in [5.74, 6) is 1.18. The Hall–Kier alpha value is -1.06. The lowest BCUT2D eigenvalue weighted by Crippen LogP contribution is -2.18. The van der Waals surface area contributed by atoms with Crippen molar-refractivity contribution in [3.8, 4) is 0 Å². The molecule has 0 amide bonds. The zero-order valence-corrected chi connectivity index (χ0v) is 20.0. The molecule has 0 rings (SSSR count). The summed E-state index contributed by atoms with van der Waals surface area (Å²) in [7, 11) is 0. The van der Waals surface area contributed by atoms with E-state index in [4.69, 9.17) is 9.47 Å². The minimum absolute atomic E-state index is 0.00381. The Morgan fingerprint density at radius 1 is 0.655 bits per heavy atom. The van der Waals surface area contributed by atoms with E-state index in [0.717, 1.165) is 44.9 Å². The Labute approximate surface area is 180 Å². The highest BCUT2D eigenvalue weighted by atomic mass is 16.5. The summed E-state index contributed by atoms with van der Waals surface area (Å²) in [6.45, 7) is 11.8. The van der Waals surface area contributed by atoms with Gasteiger partial charge in [0, 0.05) is 6.42 Å². The third-order valence-electron chi connectivity index (χ3n) is 5.41. The maximum atomic E-state index is 12.1. The second kappa shape index (κ2) is 18.9. The summed E-state index contributed by atoms with van der Waals surface area (Å²) >= 11 is 0. The van der Waals surface area contributed by atoms with Gasteiger partial charge < -0.3 is 9.47 Å². The molecule has 0 spiro atoms. The maximum absolute atomic E-state index is 12.1. The Bertz CT molecular complexity index is 404. The van der Waals surface area contributed by atoms with E-state index >= 15 is 0 Å². The number of ether oxygens (including phenoxy) is 2. The van der Waals surface area contributed by atoms with Gasteiger partial charge in [0.2, 0.25) is 0 Å². The molecule has 0 heterocycles. The Morgan fingerprint density at radius 3 is 1.66 bits per heavy atom. The van der Waals surface area contributed by atoms with Gasteiger partial charge in [-0.25, -0.2) is 0 Å². The van der Waals surface area contributed by atoms with Crippen molar-refractivity contribution in [1.29, 1.82) is 0 Å². The summed E-state index contributed by atoms with van der Waals surface area (Å²) in [6.07, 6.45) is 13.5. The van der Waals surface area contributed by atoms with Crippen LogP contribution in [0.25, 0.3) is 0 Å². The molecule has 0 saturated heterocycles. The summed E-state index contributed by atoms with van der Waals surface area (Å²) in [5, 5.41) is 0. The van der Waals surface area contributed by atoms with Gasteiger partial charge in [-0.15, -0.1) is 0 Å². The quantitative estimate of drug-likeness (QED) is 0.168. The van der Waals surface area contributed by atoms with Crippen LogP contribution in [0.15, 0.2) is 0 Å². The lowest BCUT2D eigenvalue weighted by atomic mass is 9.98. The second-order valence-corrected chi connectivity index (χ2v) is 9.23. The van der Waals surface area contributed by atoms with Gasteiger partial charge in [-0.1, -0.05) is 79.6 Å². The molecule has 0 fully saturated rings. The highest BCUT2D eigenvalue weighted by Crippen LogP contribution is 2.17. The van der Waals surface area contributed by atoms with E-state index < -0.39 is 0 Å². The molecule has 172 valence electrons. The first kappa shape index (κ1) is 27.9. The van der Waals surface area contributed by atoms with Crippen molar-refractivity contribution in [2.75, 3.05) is 13.2 Å². The van der Waals surface area contributed by atoms with Crippen molar-refractivity contribution in [2.45, 2.75) is 118 Å². The molecular weight excluding hydrogens is 364 g/mol. The zero-order valence-electron chi connectivity index (χ0n) is 20.0. The van der Waals surface area contributed by atoms with Crippen molar-refractivity contribution in [3.05, 3.63) is 0 Å². The number of hydrogen-bond acceptors (Lipinski definition) is 4. The predicted molar refractivity (Wildman–Crippen MR) is 121 cm³/mol. The first-order valence-electron chi connectivity index (χ1n) is 12.2. The van der Waals surface area contributed by atoms with E-state index in [2.05, 4.69) is 34.6 Å². The van der Waals surface area contributed by atoms with E-state index in [-0.39, 0.29) is 17.9 Å². The normalized spacial score (nSPS) is 12.4. The Balaban J connectivity index is 3.51. The van der Waals surface area contributed by atoms with Gasteiger partial charge in [0.1, 0.15) is 0 Å². The number of unbranched alkanes of at least 4 members (excludes halogenated alkanes) is 7. The number of esters is 2. The molecule has 0 aliphatic heterocycles. The Kier molecular flexibility index (Phi) is 18.2. The third-order valence-corrected chi connectivity index (χ3v) is 5.41. The molecule has 0 saturated carbocycles. The molecule has 0 aromatic carbocycles. The summed E-state index contributed by atoms with van der Waals surface area (Å²) in [4.78, 5) is 23.7. The smallest absolute Gasteiger partial charge is 0.308 e. The van der Waals surface area contributed by atoms with E-state index in [1.165, 1.54) is 32.1 Å². The second-order valence-electron chi connectivity index (χ2n) is 9.23. The average Bonchev–Trinajstić information content (AvgIpc) is 2.65. The van der Waals surface area contributed by atoms with Crippen LogP contribution in [0.2, 0.25) is 0 Å². The van der Waals surface area contributed by atoms with Crippen LogP contribution in [-0.2, 0) is 19.1 Å². The number of carbonyl (C=O) groups excluding carboxylic acids is 2. The maximum Gasteiger partial charge on any atom is 0.308 e. The average molecular weight is 413 g/mol. The van der Waals surface area contributed by atoms with E-state index in [1.807, 2.05) is 0 Å². The Morgan fingerprint density at radius 2 is 1.14 bits per heavy atom. The molecule has 1 unspecified atom stereocenters. The van der Waals surface area contributed by atoms with E-state index in [0.29, 0.717) is 31.5 Å². The van der Waals surface area contributed by atoms with Gasteiger partial charge in [0.05, 0.1) is 19.1 Å². The first-order chi connectivity index (χ1) is 13.9. The molecule has 4 heteroatoms. The molecule has 0 radical (unpaired) electrons. The van der Waals surface area contributed by atoms with Crippen molar-refractivity contribution >= 4 is 11.9 Å². The lowest BCUT2D eigenvalue weighted by molar-refractivity contribution is -0.149. The molecule has 1 atom stereocenters.